The van der Waals surface area contributed by atoms with E-state index in [0.29, 0.717) is 24.3 Å². The molecule has 0 saturated carbocycles. The zero-order valence-corrected chi connectivity index (χ0v) is 14.2. The fraction of sp³-hybridized carbons (Fsp3) is 0.500. The predicted molar refractivity (Wildman–Crippen MR) is 83.7 cm³/mol. The summed E-state index contributed by atoms with van der Waals surface area (Å²) < 4.78 is 7.02. The second-order valence-corrected chi connectivity index (χ2v) is 7.51. The number of morpholine rings is 1. The molecule has 2 aromatic heterocycles. The normalized spacial score (nSPS) is 15.4. The highest BCUT2D eigenvalue weighted by Crippen LogP contribution is 2.31. The van der Waals surface area contributed by atoms with Crippen LogP contribution in [0.2, 0.25) is 5.28 Å². The van der Waals surface area contributed by atoms with Crippen molar-refractivity contribution >= 4 is 52.4 Å². The van der Waals surface area contributed by atoms with Crippen LogP contribution in [-0.2, 0) is 4.74 Å². The van der Waals surface area contributed by atoms with Crippen LogP contribution in [-0.4, -0.2) is 57.7 Å². The summed E-state index contributed by atoms with van der Waals surface area (Å²) in [5.41, 5.74) is 0. The van der Waals surface area contributed by atoms with E-state index < -0.39 is 0 Å². The summed E-state index contributed by atoms with van der Waals surface area (Å²) in [6.45, 7) is 2.83. The van der Waals surface area contributed by atoms with Gasteiger partial charge in [-0.3, -0.25) is 0 Å². The maximum Gasteiger partial charge on any atom is 0.230 e. The molecule has 3 rings (SSSR count). The molecule has 0 amide bonds. The Balaban J connectivity index is 1.79. The first kappa shape index (κ1) is 15.2. The number of rotatable bonds is 4. The van der Waals surface area contributed by atoms with Gasteiger partial charge in [0.25, 0.3) is 0 Å². The van der Waals surface area contributed by atoms with Crippen molar-refractivity contribution in [3.63, 3.8) is 0 Å². The van der Waals surface area contributed by atoms with Crippen molar-refractivity contribution in [1.29, 1.82) is 0 Å². The Morgan fingerprint density at radius 1 is 1.14 bits per heavy atom. The van der Waals surface area contributed by atoms with Gasteiger partial charge in [-0.15, -0.1) is 10.2 Å². The quantitative estimate of drug-likeness (QED) is 0.759. The van der Waals surface area contributed by atoms with Crippen molar-refractivity contribution in [1.82, 2.24) is 25.1 Å². The van der Waals surface area contributed by atoms with Gasteiger partial charge in [-0.2, -0.15) is 15.0 Å². The van der Waals surface area contributed by atoms with Crippen LogP contribution < -0.4 is 4.90 Å². The number of hydrogen-bond donors (Lipinski definition) is 0. The van der Waals surface area contributed by atoms with Crippen LogP contribution >= 0.6 is 46.5 Å². The molecule has 1 aliphatic rings. The number of ether oxygens (including phenoxy) is 1. The van der Waals surface area contributed by atoms with Gasteiger partial charge >= 0.3 is 0 Å². The molecule has 7 nitrogen and oxygen atoms in total. The van der Waals surface area contributed by atoms with Crippen molar-refractivity contribution < 1.29 is 4.74 Å². The summed E-state index contributed by atoms with van der Waals surface area (Å²) >= 11 is 10.4. The van der Waals surface area contributed by atoms with E-state index in [-0.39, 0.29) is 5.28 Å². The SMILES string of the molecule is CSc1nnc(Sc2nc(Cl)nc(N3CCOCC3)n2)s1. The summed E-state index contributed by atoms with van der Waals surface area (Å²) in [6.07, 6.45) is 1.96. The molecule has 112 valence electrons. The van der Waals surface area contributed by atoms with Gasteiger partial charge in [0.15, 0.2) is 8.68 Å². The van der Waals surface area contributed by atoms with Gasteiger partial charge in [-0.05, 0) is 29.6 Å². The van der Waals surface area contributed by atoms with E-state index in [1.807, 2.05) is 11.2 Å². The number of anilines is 1. The molecular weight excluding hydrogens is 352 g/mol. The average molecular weight is 363 g/mol. The monoisotopic (exact) mass is 362 g/mol. The number of aromatic nitrogens is 5. The first-order valence-electron chi connectivity index (χ1n) is 6.04. The van der Waals surface area contributed by atoms with Crippen LogP contribution in [0.3, 0.4) is 0 Å². The predicted octanol–water partition coefficient (Wildman–Crippen LogP) is 2.09. The van der Waals surface area contributed by atoms with Gasteiger partial charge in [-0.25, -0.2) is 0 Å². The van der Waals surface area contributed by atoms with E-state index in [1.54, 1.807) is 11.8 Å². The molecule has 0 atom stereocenters. The van der Waals surface area contributed by atoms with Crippen molar-refractivity contribution in [3.05, 3.63) is 5.28 Å². The fourth-order valence-corrected chi connectivity index (χ4v) is 4.17. The molecule has 3 heterocycles. The number of hydrogen-bond acceptors (Lipinski definition) is 10. The summed E-state index contributed by atoms with van der Waals surface area (Å²) in [5.74, 6) is 0.579. The highest BCUT2D eigenvalue weighted by Gasteiger charge is 2.17. The third-order valence-electron chi connectivity index (χ3n) is 2.61. The van der Waals surface area contributed by atoms with Crippen molar-refractivity contribution in [2.24, 2.45) is 0 Å². The van der Waals surface area contributed by atoms with Crippen molar-refractivity contribution in [3.8, 4) is 0 Å². The van der Waals surface area contributed by atoms with Gasteiger partial charge in [-0.1, -0.05) is 23.1 Å². The lowest BCUT2D eigenvalue weighted by Gasteiger charge is -2.26. The van der Waals surface area contributed by atoms with E-state index in [1.165, 1.54) is 23.1 Å². The Hall–Kier alpha value is -0.680. The Kier molecular flexibility index (Phi) is 5.11. The summed E-state index contributed by atoms with van der Waals surface area (Å²) in [5, 5.41) is 8.84. The highest BCUT2D eigenvalue weighted by atomic mass is 35.5. The second-order valence-electron chi connectivity index (χ2n) is 3.93. The number of nitrogens with zero attached hydrogens (tertiary/aromatic N) is 6. The minimum absolute atomic E-state index is 0.184. The van der Waals surface area contributed by atoms with Gasteiger partial charge in [0.1, 0.15) is 0 Å². The maximum absolute atomic E-state index is 6.00. The largest absolute Gasteiger partial charge is 0.378 e. The standard InChI is InChI=1S/C10H11ClN6OS3/c1-19-9-15-16-10(21-9)20-8-13-6(11)12-7(14-8)17-2-4-18-5-3-17/h2-5H2,1H3. The third kappa shape index (κ3) is 3.95. The summed E-state index contributed by atoms with van der Waals surface area (Å²) in [6, 6.07) is 0. The van der Waals surface area contributed by atoms with Crippen LogP contribution in [0.4, 0.5) is 5.95 Å². The molecule has 1 fully saturated rings. The highest BCUT2D eigenvalue weighted by molar-refractivity contribution is 8.02. The third-order valence-corrected chi connectivity index (χ3v) is 5.59. The molecule has 0 bridgehead atoms. The van der Waals surface area contributed by atoms with Crippen LogP contribution in [0.25, 0.3) is 0 Å². The lowest BCUT2D eigenvalue weighted by Crippen LogP contribution is -2.37. The van der Waals surface area contributed by atoms with Crippen LogP contribution in [0.15, 0.2) is 13.8 Å². The lowest BCUT2D eigenvalue weighted by molar-refractivity contribution is 0.122. The Morgan fingerprint density at radius 3 is 2.62 bits per heavy atom. The molecule has 1 saturated heterocycles. The molecule has 1 aliphatic heterocycles. The molecule has 0 radical (unpaired) electrons. The topological polar surface area (TPSA) is 76.9 Å². The lowest BCUT2D eigenvalue weighted by atomic mass is 10.4. The fourth-order valence-electron chi connectivity index (χ4n) is 1.67. The minimum atomic E-state index is 0.184. The molecule has 0 unspecified atom stereocenters. The van der Waals surface area contributed by atoms with Gasteiger partial charge < -0.3 is 9.64 Å². The van der Waals surface area contributed by atoms with E-state index in [9.17, 15) is 0 Å². The van der Waals surface area contributed by atoms with E-state index in [0.717, 1.165) is 21.8 Å². The smallest absolute Gasteiger partial charge is 0.230 e. The number of thioether (sulfide) groups is 1. The van der Waals surface area contributed by atoms with Crippen LogP contribution in [0.5, 0.6) is 0 Å². The molecular formula is C10H11ClN6OS3. The second kappa shape index (κ2) is 7.05. The summed E-state index contributed by atoms with van der Waals surface area (Å²) in [4.78, 5) is 14.8. The minimum Gasteiger partial charge on any atom is -0.378 e. The molecule has 0 spiro atoms. The van der Waals surface area contributed by atoms with E-state index >= 15 is 0 Å². The number of halogens is 1. The Labute approximate surface area is 138 Å². The molecule has 2 aromatic rings. The first-order chi connectivity index (χ1) is 10.2. The van der Waals surface area contributed by atoms with Crippen LogP contribution in [0.1, 0.15) is 0 Å². The summed E-state index contributed by atoms with van der Waals surface area (Å²) in [7, 11) is 0. The van der Waals surface area contributed by atoms with E-state index in [4.69, 9.17) is 16.3 Å². The molecule has 11 heteroatoms. The molecule has 0 aromatic carbocycles. The molecule has 0 N–H and O–H groups in total. The average Bonchev–Trinajstić information content (AvgIpc) is 2.95. The van der Waals surface area contributed by atoms with E-state index in [2.05, 4.69) is 25.1 Å². The zero-order chi connectivity index (χ0) is 14.7. The molecule has 21 heavy (non-hydrogen) atoms. The van der Waals surface area contributed by atoms with Gasteiger partial charge in [0.05, 0.1) is 13.2 Å². The van der Waals surface area contributed by atoms with Crippen LogP contribution in [0, 0.1) is 0 Å². The first-order valence-corrected chi connectivity index (χ1v) is 9.28. The zero-order valence-electron chi connectivity index (χ0n) is 11.0. The van der Waals surface area contributed by atoms with Crippen molar-refractivity contribution in [2.75, 3.05) is 37.5 Å². The van der Waals surface area contributed by atoms with Gasteiger partial charge in [0.2, 0.25) is 16.4 Å². The Morgan fingerprint density at radius 2 is 1.90 bits per heavy atom. The molecule has 0 aliphatic carbocycles. The van der Waals surface area contributed by atoms with Gasteiger partial charge in [0, 0.05) is 13.1 Å². The Bertz CT molecular complexity index is 621. The maximum atomic E-state index is 6.00. The van der Waals surface area contributed by atoms with Crippen molar-refractivity contribution in [2.45, 2.75) is 13.8 Å².